The molecule has 0 aliphatic carbocycles. The van der Waals surface area contributed by atoms with E-state index >= 15 is 0 Å². The van der Waals surface area contributed by atoms with Crippen LogP contribution in [0.25, 0.3) is 21.9 Å². The zero-order chi connectivity index (χ0) is 14.8. The molecule has 3 rings (SSSR count). The molecular formula is C18H15IO2. The van der Waals surface area contributed by atoms with E-state index in [1.54, 1.807) is 14.2 Å². The highest BCUT2D eigenvalue weighted by Gasteiger charge is 2.12. The summed E-state index contributed by atoms with van der Waals surface area (Å²) >= 11 is 2.38. The number of methoxy groups -OCH3 is 2. The molecule has 0 atom stereocenters. The lowest BCUT2D eigenvalue weighted by atomic mass is 9.97. The van der Waals surface area contributed by atoms with E-state index in [9.17, 15) is 0 Å². The van der Waals surface area contributed by atoms with E-state index in [4.69, 9.17) is 9.47 Å². The molecule has 0 N–H and O–H groups in total. The molecule has 3 heteroatoms. The third-order valence-electron chi connectivity index (χ3n) is 3.55. The van der Waals surface area contributed by atoms with Crippen LogP contribution < -0.4 is 9.47 Å². The van der Waals surface area contributed by atoms with Gasteiger partial charge in [0.1, 0.15) is 11.5 Å². The Bertz CT molecular complexity index is 791. The topological polar surface area (TPSA) is 18.5 Å². The minimum absolute atomic E-state index is 0.828. The van der Waals surface area contributed by atoms with E-state index in [0.717, 1.165) is 22.6 Å². The Labute approximate surface area is 137 Å². The molecule has 3 aromatic rings. The average Bonchev–Trinajstić information content (AvgIpc) is 2.54. The molecule has 0 spiro atoms. The van der Waals surface area contributed by atoms with Gasteiger partial charge in [-0.05, 0) is 57.8 Å². The maximum Gasteiger partial charge on any atom is 0.126 e. The predicted octanol–water partition coefficient (Wildman–Crippen LogP) is 5.13. The second kappa shape index (κ2) is 5.93. The van der Waals surface area contributed by atoms with Crippen LogP contribution in [0, 0.1) is 3.57 Å². The first-order valence-electron chi connectivity index (χ1n) is 6.64. The van der Waals surface area contributed by atoms with E-state index in [1.807, 2.05) is 18.2 Å². The lowest BCUT2D eigenvalue weighted by Crippen LogP contribution is -1.92. The second-order valence-corrected chi connectivity index (χ2v) is 5.87. The molecule has 0 amide bonds. The van der Waals surface area contributed by atoms with Crippen molar-refractivity contribution >= 4 is 33.4 Å². The fourth-order valence-corrected chi connectivity index (χ4v) is 3.35. The zero-order valence-corrected chi connectivity index (χ0v) is 14.0. The minimum atomic E-state index is 0.828. The lowest BCUT2D eigenvalue weighted by Gasteiger charge is -2.13. The molecule has 2 nitrogen and oxygen atoms in total. The van der Waals surface area contributed by atoms with Crippen molar-refractivity contribution < 1.29 is 9.47 Å². The molecule has 3 aromatic carbocycles. The van der Waals surface area contributed by atoms with Crippen molar-refractivity contribution in [2.75, 3.05) is 14.2 Å². The highest BCUT2D eigenvalue weighted by Crippen LogP contribution is 2.38. The van der Waals surface area contributed by atoms with Gasteiger partial charge >= 0.3 is 0 Å². The number of hydrogen-bond donors (Lipinski definition) is 0. The van der Waals surface area contributed by atoms with Crippen molar-refractivity contribution in [2.24, 2.45) is 0 Å². The molecule has 0 unspecified atom stereocenters. The van der Waals surface area contributed by atoms with Gasteiger partial charge in [0.15, 0.2) is 0 Å². The molecule has 0 radical (unpaired) electrons. The largest absolute Gasteiger partial charge is 0.497 e. The van der Waals surface area contributed by atoms with Gasteiger partial charge in [0, 0.05) is 14.5 Å². The summed E-state index contributed by atoms with van der Waals surface area (Å²) in [6.07, 6.45) is 0. The molecule has 0 aromatic heterocycles. The standard InChI is InChI=1S/C18H15IO2/c1-20-13-9-10-17(21-2)15(11-13)14-7-3-5-12-6-4-8-16(19)18(12)14/h3-11H,1-2H3. The summed E-state index contributed by atoms with van der Waals surface area (Å²) in [5, 5.41) is 2.47. The Balaban J connectivity index is 2.35. The predicted molar refractivity (Wildman–Crippen MR) is 95.2 cm³/mol. The van der Waals surface area contributed by atoms with Crippen LogP contribution >= 0.6 is 22.6 Å². The fraction of sp³-hybridized carbons (Fsp3) is 0.111. The van der Waals surface area contributed by atoms with Gasteiger partial charge < -0.3 is 9.47 Å². The first-order valence-corrected chi connectivity index (χ1v) is 7.72. The van der Waals surface area contributed by atoms with Gasteiger partial charge in [0.25, 0.3) is 0 Å². The lowest BCUT2D eigenvalue weighted by molar-refractivity contribution is 0.404. The minimum Gasteiger partial charge on any atom is -0.497 e. The molecular weight excluding hydrogens is 375 g/mol. The van der Waals surface area contributed by atoms with Crippen LogP contribution in [-0.2, 0) is 0 Å². The van der Waals surface area contributed by atoms with Gasteiger partial charge in [-0.25, -0.2) is 0 Å². The van der Waals surface area contributed by atoms with E-state index < -0.39 is 0 Å². The maximum absolute atomic E-state index is 5.53. The van der Waals surface area contributed by atoms with Crippen molar-refractivity contribution in [2.45, 2.75) is 0 Å². The Morgan fingerprint density at radius 2 is 1.57 bits per heavy atom. The van der Waals surface area contributed by atoms with Crippen molar-refractivity contribution in [3.05, 3.63) is 58.2 Å². The monoisotopic (exact) mass is 390 g/mol. The molecule has 106 valence electrons. The smallest absolute Gasteiger partial charge is 0.126 e. The van der Waals surface area contributed by atoms with Crippen molar-refractivity contribution in [3.8, 4) is 22.6 Å². The Morgan fingerprint density at radius 3 is 2.29 bits per heavy atom. The van der Waals surface area contributed by atoms with E-state index in [1.165, 1.54) is 14.3 Å². The van der Waals surface area contributed by atoms with E-state index in [0.29, 0.717) is 0 Å². The molecule has 21 heavy (non-hydrogen) atoms. The summed E-state index contributed by atoms with van der Waals surface area (Å²) in [5.74, 6) is 1.68. The normalized spacial score (nSPS) is 10.6. The molecule has 0 fully saturated rings. The molecule has 0 aliphatic heterocycles. The van der Waals surface area contributed by atoms with Crippen LogP contribution in [-0.4, -0.2) is 14.2 Å². The van der Waals surface area contributed by atoms with Crippen molar-refractivity contribution in [1.82, 2.24) is 0 Å². The van der Waals surface area contributed by atoms with E-state index in [-0.39, 0.29) is 0 Å². The number of fused-ring (bicyclic) bond motifs is 1. The van der Waals surface area contributed by atoms with E-state index in [2.05, 4.69) is 59.0 Å². The molecule has 0 aliphatic rings. The van der Waals surface area contributed by atoms with Crippen molar-refractivity contribution in [3.63, 3.8) is 0 Å². The summed E-state index contributed by atoms with van der Waals surface area (Å²) < 4.78 is 12.1. The summed E-state index contributed by atoms with van der Waals surface area (Å²) in [4.78, 5) is 0. The summed E-state index contributed by atoms with van der Waals surface area (Å²) in [7, 11) is 3.37. The van der Waals surface area contributed by atoms with Crippen molar-refractivity contribution in [1.29, 1.82) is 0 Å². The van der Waals surface area contributed by atoms with Crippen LogP contribution in [0.15, 0.2) is 54.6 Å². The molecule has 0 heterocycles. The highest BCUT2D eigenvalue weighted by molar-refractivity contribution is 14.1. The van der Waals surface area contributed by atoms with Crippen LogP contribution in [0.3, 0.4) is 0 Å². The highest BCUT2D eigenvalue weighted by atomic mass is 127. The molecule has 0 saturated carbocycles. The summed E-state index contributed by atoms with van der Waals surface area (Å²) in [5.41, 5.74) is 2.21. The molecule has 0 saturated heterocycles. The Morgan fingerprint density at radius 1 is 0.810 bits per heavy atom. The number of ether oxygens (including phenoxy) is 2. The number of rotatable bonds is 3. The number of hydrogen-bond acceptors (Lipinski definition) is 2. The van der Waals surface area contributed by atoms with Crippen LogP contribution in [0.2, 0.25) is 0 Å². The first-order chi connectivity index (χ1) is 10.2. The third kappa shape index (κ3) is 2.58. The number of halogens is 1. The Hall–Kier alpha value is -1.75. The van der Waals surface area contributed by atoms with Crippen LogP contribution in [0.5, 0.6) is 11.5 Å². The quantitative estimate of drug-likeness (QED) is 0.578. The molecule has 0 bridgehead atoms. The van der Waals surface area contributed by atoms with Gasteiger partial charge in [-0.2, -0.15) is 0 Å². The Kier molecular flexibility index (Phi) is 4.01. The van der Waals surface area contributed by atoms with Gasteiger partial charge in [-0.1, -0.05) is 30.3 Å². The maximum atomic E-state index is 5.53. The number of benzene rings is 3. The first kappa shape index (κ1) is 14.2. The summed E-state index contributed by atoms with van der Waals surface area (Å²) in [6, 6.07) is 18.6. The third-order valence-corrected chi connectivity index (χ3v) is 4.45. The van der Waals surface area contributed by atoms with Gasteiger partial charge in [-0.3, -0.25) is 0 Å². The summed E-state index contributed by atoms with van der Waals surface area (Å²) in [6.45, 7) is 0. The SMILES string of the molecule is COc1ccc(OC)c(-c2cccc3cccc(I)c23)c1. The van der Waals surface area contributed by atoms with Gasteiger partial charge in [-0.15, -0.1) is 0 Å². The fourth-order valence-electron chi connectivity index (χ4n) is 2.54. The second-order valence-electron chi connectivity index (χ2n) is 4.71. The van der Waals surface area contributed by atoms with Crippen LogP contribution in [0.4, 0.5) is 0 Å². The van der Waals surface area contributed by atoms with Crippen LogP contribution in [0.1, 0.15) is 0 Å². The average molecular weight is 390 g/mol. The van der Waals surface area contributed by atoms with Gasteiger partial charge in [0.2, 0.25) is 0 Å². The zero-order valence-electron chi connectivity index (χ0n) is 11.9. The van der Waals surface area contributed by atoms with Gasteiger partial charge in [0.05, 0.1) is 14.2 Å².